The highest BCUT2D eigenvalue weighted by molar-refractivity contribution is 7.10. The van der Waals surface area contributed by atoms with Crippen molar-refractivity contribution in [1.29, 1.82) is 0 Å². The molecule has 0 aliphatic heterocycles. The van der Waals surface area contributed by atoms with Gasteiger partial charge in [-0.25, -0.2) is 0 Å². The fraction of sp³-hybridized carbons (Fsp3) is 0.130. The van der Waals surface area contributed by atoms with Gasteiger partial charge in [-0.2, -0.15) is 0 Å². The van der Waals surface area contributed by atoms with E-state index >= 15 is 0 Å². The zero-order chi connectivity index (χ0) is 19.9. The molecule has 2 N–H and O–H groups in total. The maximum absolute atomic E-state index is 12.9. The third-order valence-electron chi connectivity index (χ3n) is 4.36. The summed E-state index contributed by atoms with van der Waals surface area (Å²) in [6.45, 7) is 3.79. The molecule has 0 saturated heterocycles. The number of carbonyl (C=O) groups is 2. The molecule has 1 aromatic heterocycles. The SMILES string of the molecule is Cc1ccccc1C(=O)N/C(=C\c1cccs1)C(=O)N[C@@H](C)c1ccccc1. The summed E-state index contributed by atoms with van der Waals surface area (Å²) in [5.74, 6) is -0.630. The van der Waals surface area contributed by atoms with E-state index < -0.39 is 0 Å². The van der Waals surface area contributed by atoms with E-state index in [9.17, 15) is 9.59 Å². The zero-order valence-corrected chi connectivity index (χ0v) is 16.6. The van der Waals surface area contributed by atoms with Crippen LogP contribution in [0.5, 0.6) is 0 Å². The molecule has 4 nitrogen and oxygen atoms in total. The molecule has 0 saturated carbocycles. The Morgan fingerprint density at radius 3 is 2.36 bits per heavy atom. The topological polar surface area (TPSA) is 58.2 Å². The van der Waals surface area contributed by atoms with E-state index in [2.05, 4.69) is 10.6 Å². The minimum Gasteiger partial charge on any atom is -0.344 e. The Bertz CT molecular complexity index is 979. The molecule has 0 aliphatic rings. The second-order valence-corrected chi connectivity index (χ2v) is 7.43. The Kier molecular flexibility index (Phi) is 6.40. The van der Waals surface area contributed by atoms with Crippen LogP contribution in [0.25, 0.3) is 6.08 Å². The van der Waals surface area contributed by atoms with Gasteiger partial charge >= 0.3 is 0 Å². The summed E-state index contributed by atoms with van der Waals surface area (Å²) < 4.78 is 0. The number of aryl methyl sites for hydroxylation is 1. The lowest BCUT2D eigenvalue weighted by Crippen LogP contribution is -2.36. The van der Waals surface area contributed by atoms with Crippen molar-refractivity contribution in [3.63, 3.8) is 0 Å². The molecule has 2 aromatic carbocycles. The quantitative estimate of drug-likeness (QED) is 0.599. The van der Waals surface area contributed by atoms with E-state index in [0.717, 1.165) is 16.0 Å². The number of carbonyl (C=O) groups excluding carboxylic acids is 2. The van der Waals surface area contributed by atoms with Gasteiger partial charge in [0.1, 0.15) is 5.70 Å². The summed E-state index contributed by atoms with van der Waals surface area (Å²) in [6.07, 6.45) is 1.70. The molecule has 28 heavy (non-hydrogen) atoms. The van der Waals surface area contributed by atoms with Gasteiger partial charge in [0.15, 0.2) is 0 Å². The minimum atomic E-state index is -0.327. The predicted molar refractivity (Wildman–Crippen MR) is 114 cm³/mol. The Morgan fingerprint density at radius 1 is 0.964 bits per heavy atom. The van der Waals surface area contributed by atoms with Crippen molar-refractivity contribution in [2.45, 2.75) is 19.9 Å². The molecule has 1 atom stereocenters. The average molecular weight is 391 g/mol. The van der Waals surface area contributed by atoms with E-state index in [1.807, 2.05) is 79.9 Å². The van der Waals surface area contributed by atoms with Crippen LogP contribution in [0.3, 0.4) is 0 Å². The molecule has 2 amide bonds. The molecular weight excluding hydrogens is 368 g/mol. The monoisotopic (exact) mass is 390 g/mol. The van der Waals surface area contributed by atoms with Crippen LogP contribution in [0, 0.1) is 6.92 Å². The summed E-state index contributed by atoms with van der Waals surface area (Å²) in [4.78, 5) is 26.5. The first-order chi connectivity index (χ1) is 13.5. The van der Waals surface area contributed by atoms with Crippen molar-refractivity contribution in [3.8, 4) is 0 Å². The number of amides is 2. The number of rotatable bonds is 6. The highest BCUT2D eigenvalue weighted by atomic mass is 32.1. The molecule has 0 fully saturated rings. The first-order valence-corrected chi connectivity index (χ1v) is 9.90. The van der Waals surface area contributed by atoms with Crippen molar-refractivity contribution in [3.05, 3.63) is 99.4 Å². The smallest absolute Gasteiger partial charge is 0.268 e. The van der Waals surface area contributed by atoms with Gasteiger partial charge in [0.25, 0.3) is 11.8 Å². The summed E-state index contributed by atoms with van der Waals surface area (Å²) in [5, 5.41) is 7.68. The van der Waals surface area contributed by atoms with E-state index in [-0.39, 0.29) is 23.6 Å². The first-order valence-electron chi connectivity index (χ1n) is 9.02. The van der Waals surface area contributed by atoms with Crippen LogP contribution in [0.4, 0.5) is 0 Å². The lowest BCUT2D eigenvalue weighted by molar-refractivity contribution is -0.118. The van der Waals surface area contributed by atoms with Gasteiger partial charge in [0.05, 0.1) is 6.04 Å². The molecule has 3 aromatic rings. The third-order valence-corrected chi connectivity index (χ3v) is 5.18. The van der Waals surface area contributed by atoms with E-state index in [1.165, 1.54) is 11.3 Å². The normalized spacial score (nSPS) is 12.3. The summed E-state index contributed by atoms with van der Waals surface area (Å²) in [6, 6.07) is 20.6. The summed E-state index contributed by atoms with van der Waals surface area (Å²) >= 11 is 1.50. The van der Waals surface area contributed by atoms with Gasteiger partial charge < -0.3 is 10.6 Å². The highest BCUT2D eigenvalue weighted by Crippen LogP contribution is 2.16. The lowest BCUT2D eigenvalue weighted by atomic mass is 10.1. The highest BCUT2D eigenvalue weighted by Gasteiger charge is 2.18. The molecule has 5 heteroatoms. The Balaban J connectivity index is 1.82. The summed E-state index contributed by atoms with van der Waals surface area (Å²) in [7, 11) is 0. The molecule has 0 unspecified atom stereocenters. The molecule has 142 valence electrons. The van der Waals surface area contributed by atoms with E-state index in [4.69, 9.17) is 0 Å². The number of benzene rings is 2. The van der Waals surface area contributed by atoms with Crippen LogP contribution in [0.15, 0.2) is 77.8 Å². The molecule has 1 heterocycles. The van der Waals surface area contributed by atoms with Gasteiger partial charge in [-0.15, -0.1) is 11.3 Å². The van der Waals surface area contributed by atoms with E-state index in [1.54, 1.807) is 12.1 Å². The van der Waals surface area contributed by atoms with Crippen molar-refractivity contribution in [1.82, 2.24) is 10.6 Å². The van der Waals surface area contributed by atoms with Gasteiger partial charge in [0.2, 0.25) is 0 Å². The second-order valence-electron chi connectivity index (χ2n) is 6.45. The molecule has 0 aliphatic carbocycles. The molecule has 0 spiro atoms. The maximum atomic E-state index is 12.9. The van der Waals surface area contributed by atoms with Gasteiger partial charge in [-0.3, -0.25) is 9.59 Å². The third kappa shape index (κ3) is 4.96. The van der Waals surface area contributed by atoms with Crippen molar-refractivity contribution >= 4 is 29.2 Å². The Hall–Kier alpha value is -3.18. The fourth-order valence-corrected chi connectivity index (χ4v) is 3.45. The predicted octanol–water partition coefficient (Wildman–Crippen LogP) is 4.70. The minimum absolute atomic E-state index is 0.184. The van der Waals surface area contributed by atoms with Gasteiger partial charge in [-0.1, -0.05) is 54.6 Å². The Morgan fingerprint density at radius 2 is 1.68 bits per heavy atom. The first kappa shape index (κ1) is 19.6. The number of thiophene rings is 1. The van der Waals surface area contributed by atoms with Gasteiger partial charge in [-0.05, 0) is 48.6 Å². The van der Waals surface area contributed by atoms with Gasteiger partial charge in [0, 0.05) is 10.4 Å². The van der Waals surface area contributed by atoms with Crippen LogP contribution in [-0.2, 0) is 4.79 Å². The van der Waals surface area contributed by atoms with Crippen molar-refractivity contribution < 1.29 is 9.59 Å². The number of nitrogens with one attached hydrogen (secondary N) is 2. The lowest BCUT2D eigenvalue weighted by Gasteiger charge is -2.17. The molecule has 0 radical (unpaired) electrons. The number of hydrogen-bond acceptors (Lipinski definition) is 3. The molecule has 3 rings (SSSR count). The van der Waals surface area contributed by atoms with E-state index in [0.29, 0.717) is 5.56 Å². The standard InChI is InChI=1S/C23H22N2O2S/c1-16-9-6-7-13-20(16)22(26)25-21(15-19-12-8-14-28-19)23(27)24-17(2)18-10-4-3-5-11-18/h3-15,17H,1-2H3,(H,24,27)(H,25,26)/b21-15-/t17-/m0/s1. The average Bonchev–Trinajstić information content (AvgIpc) is 3.21. The second kappa shape index (κ2) is 9.15. The molecular formula is C23H22N2O2S. The maximum Gasteiger partial charge on any atom is 0.268 e. The van der Waals surface area contributed by atoms with Crippen LogP contribution in [-0.4, -0.2) is 11.8 Å². The van der Waals surface area contributed by atoms with Crippen molar-refractivity contribution in [2.24, 2.45) is 0 Å². The zero-order valence-electron chi connectivity index (χ0n) is 15.8. The largest absolute Gasteiger partial charge is 0.344 e. The fourth-order valence-electron chi connectivity index (χ4n) is 2.79. The van der Waals surface area contributed by atoms with Crippen LogP contribution in [0.2, 0.25) is 0 Å². The molecule has 0 bridgehead atoms. The van der Waals surface area contributed by atoms with Crippen molar-refractivity contribution in [2.75, 3.05) is 0 Å². The number of hydrogen-bond donors (Lipinski definition) is 2. The van der Waals surface area contributed by atoms with Crippen LogP contribution in [0.1, 0.15) is 39.3 Å². The Labute approximate surface area is 168 Å². The summed E-state index contributed by atoms with van der Waals surface area (Å²) in [5.41, 5.74) is 2.62. The van der Waals surface area contributed by atoms with Crippen LogP contribution >= 0.6 is 11.3 Å². The van der Waals surface area contributed by atoms with Crippen LogP contribution < -0.4 is 10.6 Å².